The first-order valence-electron chi connectivity index (χ1n) is 6.39. The van der Waals surface area contributed by atoms with Gasteiger partial charge >= 0.3 is 0 Å². The van der Waals surface area contributed by atoms with Crippen molar-refractivity contribution >= 4 is 17.0 Å². The number of nitrogens with zero attached hydrogens (tertiary/aromatic N) is 2. The molecule has 2 aromatic rings. The van der Waals surface area contributed by atoms with Crippen molar-refractivity contribution in [2.75, 3.05) is 5.73 Å². The van der Waals surface area contributed by atoms with Crippen LogP contribution in [0.4, 0.5) is 5.95 Å². The number of fused-ring (bicyclic) bond motifs is 1. The molecule has 1 saturated carbocycles. The molecule has 1 aliphatic rings. The third kappa shape index (κ3) is 1.79. The Morgan fingerprint density at radius 1 is 1.29 bits per heavy atom. The van der Waals surface area contributed by atoms with E-state index in [0.29, 0.717) is 11.4 Å². The molecule has 2 N–H and O–H groups in total. The molecule has 0 aliphatic heterocycles. The molecule has 3 nitrogen and oxygen atoms in total. The minimum Gasteiger partial charge on any atom is -0.369 e. The Kier molecular flexibility index (Phi) is 2.35. The number of para-hydroxylation sites is 2. The van der Waals surface area contributed by atoms with E-state index in [4.69, 9.17) is 5.73 Å². The molecule has 0 unspecified atom stereocenters. The van der Waals surface area contributed by atoms with Crippen molar-refractivity contribution in [1.82, 2.24) is 9.55 Å². The Morgan fingerprint density at radius 3 is 2.76 bits per heavy atom. The van der Waals surface area contributed by atoms with E-state index in [1.54, 1.807) is 0 Å². The largest absolute Gasteiger partial charge is 0.369 e. The summed E-state index contributed by atoms with van der Waals surface area (Å²) in [5.41, 5.74) is 8.61. The molecule has 3 rings (SSSR count). The number of hydrogen-bond acceptors (Lipinski definition) is 2. The number of nitrogens with two attached hydrogens (primary N) is 1. The van der Waals surface area contributed by atoms with Crippen molar-refractivity contribution in [3.05, 3.63) is 24.3 Å². The average molecular weight is 229 g/mol. The minimum absolute atomic E-state index is 0.400. The van der Waals surface area contributed by atoms with Gasteiger partial charge in [0.15, 0.2) is 0 Å². The summed E-state index contributed by atoms with van der Waals surface area (Å²) < 4.78 is 2.18. The number of rotatable bonds is 2. The first-order chi connectivity index (χ1) is 8.18. The van der Waals surface area contributed by atoms with E-state index < -0.39 is 0 Å². The first kappa shape index (κ1) is 10.6. The van der Waals surface area contributed by atoms with Crippen LogP contribution < -0.4 is 5.73 Å². The molecular formula is C14H19N3. The first-order valence-corrected chi connectivity index (χ1v) is 6.39. The van der Waals surface area contributed by atoms with Gasteiger partial charge in [-0.3, -0.25) is 0 Å². The second-order valence-electron chi connectivity index (χ2n) is 5.56. The van der Waals surface area contributed by atoms with Gasteiger partial charge in [-0.05, 0) is 30.4 Å². The zero-order chi connectivity index (χ0) is 11.9. The Balaban J connectivity index is 2.02. The van der Waals surface area contributed by atoms with Gasteiger partial charge in [-0.1, -0.05) is 31.9 Å². The molecule has 0 saturated heterocycles. The van der Waals surface area contributed by atoms with Crippen molar-refractivity contribution in [1.29, 1.82) is 0 Å². The van der Waals surface area contributed by atoms with Crippen LogP contribution in [0.5, 0.6) is 0 Å². The van der Waals surface area contributed by atoms with Crippen LogP contribution in [0.1, 0.15) is 32.6 Å². The van der Waals surface area contributed by atoms with Crippen LogP contribution in [0.3, 0.4) is 0 Å². The lowest BCUT2D eigenvalue weighted by Crippen LogP contribution is -2.20. The highest BCUT2D eigenvalue weighted by Crippen LogP contribution is 2.40. The van der Waals surface area contributed by atoms with Crippen molar-refractivity contribution in [2.24, 2.45) is 5.41 Å². The van der Waals surface area contributed by atoms with Crippen LogP contribution in [0, 0.1) is 5.41 Å². The summed E-state index contributed by atoms with van der Waals surface area (Å²) in [6.45, 7) is 3.37. The highest BCUT2D eigenvalue weighted by atomic mass is 15.2. The van der Waals surface area contributed by atoms with E-state index in [1.165, 1.54) is 25.7 Å². The Hall–Kier alpha value is -1.51. The second-order valence-corrected chi connectivity index (χ2v) is 5.56. The van der Waals surface area contributed by atoms with Gasteiger partial charge in [-0.25, -0.2) is 4.98 Å². The molecule has 0 amide bonds. The summed E-state index contributed by atoms with van der Waals surface area (Å²) in [7, 11) is 0. The molecule has 1 aliphatic carbocycles. The molecule has 1 fully saturated rings. The van der Waals surface area contributed by atoms with E-state index in [-0.39, 0.29) is 0 Å². The Bertz CT molecular complexity index is 535. The van der Waals surface area contributed by atoms with Gasteiger partial charge < -0.3 is 10.3 Å². The summed E-state index contributed by atoms with van der Waals surface area (Å²) >= 11 is 0. The molecule has 0 atom stereocenters. The monoisotopic (exact) mass is 229 g/mol. The van der Waals surface area contributed by atoms with Gasteiger partial charge in [0, 0.05) is 6.54 Å². The van der Waals surface area contributed by atoms with Gasteiger partial charge in [-0.15, -0.1) is 0 Å². The lowest BCUT2D eigenvalue weighted by molar-refractivity contribution is 0.287. The fourth-order valence-electron chi connectivity index (χ4n) is 3.03. The molecule has 1 aromatic carbocycles. The quantitative estimate of drug-likeness (QED) is 0.859. The molecular weight excluding hydrogens is 210 g/mol. The molecule has 1 aromatic heterocycles. The van der Waals surface area contributed by atoms with Crippen LogP contribution in [0.2, 0.25) is 0 Å². The van der Waals surface area contributed by atoms with Crippen LogP contribution >= 0.6 is 0 Å². The molecule has 0 spiro atoms. The zero-order valence-corrected chi connectivity index (χ0v) is 10.3. The maximum Gasteiger partial charge on any atom is 0.201 e. The fraction of sp³-hybridized carbons (Fsp3) is 0.500. The Morgan fingerprint density at radius 2 is 2.00 bits per heavy atom. The normalized spacial score (nSPS) is 18.9. The van der Waals surface area contributed by atoms with Crippen molar-refractivity contribution in [2.45, 2.75) is 39.2 Å². The van der Waals surface area contributed by atoms with Crippen LogP contribution in [-0.2, 0) is 6.54 Å². The standard InChI is InChI=1S/C14H19N3/c1-14(8-4-5-9-14)10-17-12-7-3-2-6-11(12)16-13(17)15/h2-3,6-7H,4-5,8-10H2,1H3,(H2,15,16). The molecule has 90 valence electrons. The summed E-state index contributed by atoms with van der Waals surface area (Å²) in [6, 6.07) is 8.20. The van der Waals surface area contributed by atoms with E-state index >= 15 is 0 Å². The van der Waals surface area contributed by atoms with E-state index in [1.807, 2.05) is 12.1 Å². The van der Waals surface area contributed by atoms with Crippen molar-refractivity contribution in [3.8, 4) is 0 Å². The lowest BCUT2D eigenvalue weighted by atomic mass is 9.89. The smallest absolute Gasteiger partial charge is 0.201 e. The predicted octanol–water partition coefficient (Wildman–Crippen LogP) is 3.20. The van der Waals surface area contributed by atoms with Crippen molar-refractivity contribution < 1.29 is 0 Å². The van der Waals surface area contributed by atoms with E-state index in [0.717, 1.165) is 17.6 Å². The number of nitrogen functional groups attached to an aromatic ring is 1. The number of hydrogen-bond donors (Lipinski definition) is 1. The summed E-state index contributed by atoms with van der Waals surface area (Å²) in [5.74, 6) is 0.652. The number of imidazole rings is 1. The molecule has 1 heterocycles. The maximum atomic E-state index is 6.04. The molecule has 17 heavy (non-hydrogen) atoms. The summed E-state index contributed by atoms with van der Waals surface area (Å²) in [5, 5.41) is 0. The highest BCUT2D eigenvalue weighted by Gasteiger charge is 2.30. The minimum atomic E-state index is 0.400. The van der Waals surface area contributed by atoms with Crippen molar-refractivity contribution in [3.63, 3.8) is 0 Å². The summed E-state index contributed by atoms with van der Waals surface area (Å²) in [6.07, 6.45) is 5.31. The molecule has 0 radical (unpaired) electrons. The van der Waals surface area contributed by atoms with Gasteiger partial charge in [0.05, 0.1) is 11.0 Å². The second kappa shape index (κ2) is 3.76. The number of aromatic nitrogens is 2. The Labute approximate surface area is 102 Å². The topological polar surface area (TPSA) is 43.8 Å². The van der Waals surface area contributed by atoms with E-state index in [9.17, 15) is 0 Å². The van der Waals surface area contributed by atoms with Gasteiger partial charge in [0.2, 0.25) is 5.95 Å². The van der Waals surface area contributed by atoms with Crippen LogP contribution in [-0.4, -0.2) is 9.55 Å². The molecule has 0 bridgehead atoms. The third-order valence-electron chi connectivity index (χ3n) is 4.03. The maximum absolute atomic E-state index is 6.04. The third-order valence-corrected chi connectivity index (χ3v) is 4.03. The van der Waals surface area contributed by atoms with Gasteiger partial charge in [0.1, 0.15) is 0 Å². The molecule has 3 heteroatoms. The van der Waals surface area contributed by atoms with Crippen LogP contribution in [0.25, 0.3) is 11.0 Å². The SMILES string of the molecule is CC1(Cn2c(N)nc3ccccc32)CCCC1. The number of benzene rings is 1. The zero-order valence-electron chi connectivity index (χ0n) is 10.3. The summed E-state index contributed by atoms with van der Waals surface area (Å²) in [4.78, 5) is 4.43. The fourth-order valence-corrected chi connectivity index (χ4v) is 3.03. The van der Waals surface area contributed by atoms with E-state index in [2.05, 4.69) is 28.6 Å². The van der Waals surface area contributed by atoms with Crippen LogP contribution in [0.15, 0.2) is 24.3 Å². The van der Waals surface area contributed by atoms with Gasteiger partial charge in [-0.2, -0.15) is 0 Å². The lowest BCUT2D eigenvalue weighted by Gasteiger charge is -2.24. The number of anilines is 1. The predicted molar refractivity (Wildman–Crippen MR) is 70.7 cm³/mol. The average Bonchev–Trinajstić information content (AvgIpc) is 2.86. The van der Waals surface area contributed by atoms with Gasteiger partial charge in [0.25, 0.3) is 0 Å². The highest BCUT2D eigenvalue weighted by molar-refractivity contribution is 5.78.